The highest BCUT2D eigenvalue weighted by atomic mass is 19.2. The standard InChI is InChI=1S/C33H16BF10N3/c1-33(2)46-17-11-6-10-16-19(17)34(13-7-3-4-9-15(13)45(16)31-26(41)22(37)20(35)23(38)27(31)42)14-8-5-12-18(30(14)46)47(33)32-28(43)24(39)21(36)25(40)29(32)44/h3-12H,1-2H3. The zero-order valence-corrected chi connectivity index (χ0v) is 24.0. The Morgan fingerprint density at radius 1 is 0.426 bits per heavy atom. The molecule has 3 nitrogen and oxygen atoms in total. The van der Waals surface area contributed by atoms with E-state index in [4.69, 9.17) is 0 Å². The van der Waals surface area contributed by atoms with Crippen LogP contribution < -0.4 is 31.1 Å². The minimum absolute atomic E-state index is 0.0379. The number of nitrogens with zero attached hydrogens (tertiary/aromatic N) is 3. The summed E-state index contributed by atoms with van der Waals surface area (Å²) < 4.78 is 148. The molecule has 3 aliphatic heterocycles. The number of para-hydroxylation sites is 2. The minimum Gasteiger partial charge on any atom is -0.317 e. The number of anilines is 7. The van der Waals surface area contributed by atoms with E-state index in [9.17, 15) is 26.3 Å². The topological polar surface area (TPSA) is 9.72 Å². The molecule has 3 aliphatic rings. The first-order chi connectivity index (χ1) is 22.3. The second kappa shape index (κ2) is 9.46. The molecular weight excluding hydrogens is 639 g/mol. The van der Waals surface area contributed by atoms with Crippen LogP contribution in [0.15, 0.2) is 60.7 Å². The van der Waals surface area contributed by atoms with Gasteiger partial charge < -0.3 is 14.7 Å². The molecule has 0 atom stereocenters. The van der Waals surface area contributed by atoms with Crippen molar-refractivity contribution in [1.82, 2.24) is 0 Å². The molecule has 0 saturated heterocycles. The van der Waals surface area contributed by atoms with Gasteiger partial charge in [-0.25, -0.2) is 43.9 Å². The number of rotatable bonds is 2. The van der Waals surface area contributed by atoms with Gasteiger partial charge in [0, 0.05) is 17.1 Å². The van der Waals surface area contributed by atoms with Gasteiger partial charge in [0.1, 0.15) is 17.0 Å². The Kier molecular flexibility index (Phi) is 5.89. The van der Waals surface area contributed by atoms with E-state index in [1.165, 1.54) is 50.2 Å². The molecule has 0 bridgehead atoms. The van der Waals surface area contributed by atoms with E-state index < -0.39 is 81.9 Å². The monoisotopic (exact) mass is 655 g/mol. The lowest BCUT2D eigenvalue weighted by Gasteiger charge is -2.47. The quantitative estimate of drug-likeness (QED) is 0.0820. The first-order valence-electron chi connectivity index (χ1n) is 14.1. The molecule has 5 aromatic carbocycles. The Morgan fingerprint density at radius 3 is 1.47 bits per heavy atom. The molecule has 0 spiro atoms. The Morgan fingerprint density at radius 2 is 0.851 bits per heavy atom. The lowest BCUT2D eigenvalue weighted by atomic mass is 9.33. The van der Waals surface area contributed by atoms with Crippen molar-refractivity contribution in [3.63, 3.8) is 0 Å². The average Bonchev–Trinajstić information content (AvgIpc) is 3.30. The molecule has 0 unspecified atom stereocenters. The summed E-state index contributed by atoms with van der Waals surface area (Å²) in [6, 6.07) is 15.3. The van der Waals surface area contributed by atoms with Crippen LogP contribution in [0.3, 0.4) is 0 Å². The summed E-state index contributed by atoms with van der Waals surface area (Å²) >= 11 is 0. The maximum absolute atomic E-state index is 15.5. The van der Waals surface area contributed by atoms with E-state index in [-0.39, 0.29) is 17.1 Å². The Labute approximate surface area is 259 Å². The predicted molar refractivity (Wildman–Crippen MR) is 157 cm³/mol. The number of halogens is 10. The van der Waals surface area contributed by atoms with E-state index in [2.05, 4.69) is 0 Å². The number of benzene rings is 5. The highest BCUT2D eigenvalue weighted by Gasteiger charge is 2.54. The van der Waals surface area contributed by atoms with Crippen LogP contribution >= 0.6 is 0 Å². The maximum atomic E-state index is 15.5. The maximum Gasteiger partial charge on any atom is 0.252 e. The second-order valence-electron chi connectivity index (χ2n) is 11.8. The van der Waals surface area contributed by atoms with Gasteiger partial charge in [-0.05, 0) is 54.5 Å². The van der Waals surface area contributed by atoms with Crippen LogP contribution in [-0.4, -0.2) is 12.4 Å². The second-order valence-corrected chi connectivity index (χ2v) is 11.8. The third kappa shape index (κ3) is 3.44. The van der Waals surface area contributed by atoms with Gasteiger partial charge in [-0.1, -0.05) is 36.4 Å². The van der Waals surface area contributed by atoms with E-state index >= 15 is 17.6 Å². The fraction of sp³-hybridized carbons (Fsp3) is 0.0909. The normalized spacial score (nSPS) is 15.2. The van der Waals surface area contributed by atoms with E-state index in [0.717, 1.165) is 9.80 Å². The SMILES string of the molecule is CC1(C)N2c3cccc4c3B(c3ccccc3N4c3c(F)c(F)c(F)c(F)c3F)c3cccc(c32)N1c1c(F)c(F)c(F)c(F)c1F. The molecule has 5 aromatic rings. The summed E-state index contributed by atoms with van der Waals surface area (Å²) in [6.45, 7) is 2.20. The molecule has 0 saturated carbocycles. The van der Waals surface area contributed by atoms with Crippen LogP contribution in [0.5, 0.6) is 0 Å². The van der Waals surface area contributed by atoms with Gasteiger partial charge in [0.15, 0.2) is 46.5 Å². The molecule has 0 amide bonds. The summed E-state index contributed by atoms with van der Waals surface area (Å²) in [6.07, 6.45) is 0. The number of fused-ring (bicyclic) bond motifs is 4. The van der Waals surface area contributed by atoms with Crippen molar-refractivity contribution in [2.45, 2.75) is 19.5 Å². The fourth-order valence-corrected chi connectivity index (χ4v) is 7.27. The Balaban J connectivity index is 1.46. The first-order valence-corrected chi connectivity index (χ1v) is 14.1. The van der Waals surface area contributed by atoms with Gasteiger partial charge in [0.2, 0.25) is 11.6 Å². The lowest BCUT2D eigenvalue weighted by Crippen LogP contribution is -2.63. The summed E-state index contributed by atoms with van der Waals surface area (Å²) in [5, 5.41) is 0. The van der Waals surface area contributed by atoms with Crippen molar-refractivity contribution < 1.29 is 43.9 Å². The Hall–Kier alpha value is -5.14. The van der Waals surface area contributed by atoms with Crippen LogP contribution in [0.25, 0.3) is 0 Å². The van der Waals surface area contributed by atoms with Crippen molar-refractivity contribution in [1.29, 1.82) is 0 Å². The van der Waals surface area contributed by atoms with Crippen LogP contribution in [-0.2, 0) is 0 Å². The zero-order valence-electron chi connectivity index (χ0n) is 24.0. The van der Waals surface area contributed by atoms with Crippen molar-refractivity contribution in [3.8, 4) is 0 Å². The summed E-state index contributed by atoms with van der Waals surface area (Å²) in [4.78, 5) is 3.52. The summed E-state index contributed by atoms with van der Waals surface area (Å²) in [7, 11) is 0. The third-order valence-electron chi connectivity index (χ3n) is 9.06. The number of hydrogen-bond acceptors (Lipinski definition) is 3. The molecule has 0 N–H and O–H groups in total. The predicted octanol–water partition coefficient (Wildman–Crippen LogP) is 7.72. The summed E-state index contributed by atoms with van der Waals surface area (Å²) in [5.41, 5.74) is -1.90. The first kappa shape index (κ1) is 29.3. The van der Waals surface area contributed by atoms with Crippen LogP contribution in [0, 0.1) is 58.2 Å². The summed E-state index contributed by atoms with van der Waals surface area (Å²) in [5.74, 6) is -21.4. The Bertz CT molecular complexity index is 2180. The van der Waals surface area contributed by atoms with Gasteiger partial charge in [-0.15, -0.1) is 0 Å². The highest BCUT2D eigenvalue weighted by molar-refractivity contribution is 7.00. The van der Waals surface area contributed by atoms with E-state index in [0.29, 0.717) is 27.8 Å². The molecule has 0 aromatic heterocycles. The van der Waals surface area contributed by atoms with Crippen LogP contribution in [0.1, 0.15) is 13.8 Å². The van der Waals surface area contributed by atoms with E-state index in [1.807, 2.05) is 0 Å². The molecule has 8 rings (SSSR count). The third-order valence-corrected chi connectivity index (χ3v) is 9.06. The molecule has 0 radical (unpaired) electrons. The average molecular weight is 655 g/mol. The molecule has 236 valence electrons. The molecule has 0 fully saturated rings. The minimum atomic E-state index is -2.32. The van der Waals surface area contributed by atoms with Gasteiger partial charge in [0.05, 0.1) is 11.4 Å². The number of hydrogen-bond donors (Lipinski definition) is 0. The molecule has 47 heavy (non-hydrogen) atoms. The van der Waals surface area contributed by atoms with Crippen molar-refractivity contribution >= 4 is 62.9 Å². The molecular formula is C33H16BF10N3. The van der Waals surface area contributed by atoms with E-state index in [1.54, 1.807) is 29.2 Å². The lowest BCUT2D eigenvalue weighted by molar-refractivity contribution is 0.375. The van der Waals surface area contributed by atoms with Crippen molar-refractivity contribution in [2.75, 3.05) is 14.7 Å². The largest absolute Gasteiger partial charge is 0.317 e. The van der Waals surface area contributed by atoms with Crippen LogP contribution in [0.2, 0.25) is 0 Å². The van der Waals surface area contributed by atoms with Gasteiger partial charge in [-0.3, -0.25) is 0 Å². The zero-order chi connectivity index (χ0) is 33.4. The van der Waals surface area contributed by atoms with Gasteiger partial charge >= 0.3 is 0 Å². The van der Waals surface area contributed by atoms with Crippen LogP contribution in [0.4, 0.5) is 83.7 Å². The smallest absolute Gasteiger partial charge is 0.252 e. The van der Waals surface area contributed by atoms with Gasteiger partial charge in [0.25, 0.3) is 6.71 Å². The highest BCUT2D eigenvalue weighted by Crippen LogP contribution is 2.55. The fourth-order valence-electron chi connectivity index (χ4n) is 7.27. The van der Waals surface area contributed by atoms with Crippen molar-refractivity contribution in [2.24, 2.45) is 0 Å². The van der Waals surface area contributed by atoms with Crippen molar-refractivity contribution in [3.05, 3.63) is 119 Å². The molecule has 3 heterocycles. The molecule has 14 heteroatoms. The van der Waals surface area contributed by atoms with Gasteiger partial charge in [-0.2, -0.15) is 0 Å². The molecule has 0 aliphatic carbocycles.